The third-order valence-corrected chi connectivity index (χ3v) is 7.50. The number of piperidine rings is 1. The molecule has 1 aliphatic rings. The van der Waals surface area contributed by atoms with E-state index in [-0.39, 0.29) is 17.7 Å². The van der Waals surface area contributed by atoms with E-state index < -0.39 is 5.54 Å². The van der Waals surface area contributed by atoms with Crippen molar-refractivity contribution in [1.82, 2.24) is 10.2 Å². The molecule has 3 aromatic carbocycles. The van der Waals surface area contributed by atoms with E-state index in [0.29, 0.717) is 49.6 Å². The molecule has 1 aliphatic heterocycles. The lowest BCUT2D eigenvalue weighted by molar-refractivity contribution is -0.135. The summed E-state index contributed by atoms with van der Waals surface area (Å²) in [5.74, 6) is -0.125. The molecule has 0 spiro atoms. The highest BCUT2D eigenvalue weighted by Crippen LogP contribution is 2.36. The number of benzene rings is 3. The van der Waals surface area contributed by atoms with Gasteiger partial charge in [-0.1, -0.05) is 74.0 Å². The SMILES string of the molecule is CC(=O)N1CCC(C(=O)NCc2ccccc2)(N(C(=O)c2ccc(C)cc2)c2ccc(C(C)C)cc2)CC1. The molecule has 0 aromatic heterocycles. The Labute approximate surface area is 225 Å². The molecule has 38 heavy (non-hydrogen) atoms. The molecule has 3 aromatic rings. The van der Waals surface area contributed by atoms with Crippen LogP contribution in [0, 0.1) is 6.92 Å². The monoisotopic (exact) mass is 511 g/mol. The zero-order valence-electron chi connectivity index (χ0n) is 22.7. The molecule has 0 saturated carbocycles. The molecule has 1 saturated heterocycles. The Bertz CT molecular complexity index is 1260. The number of hydrogen-bond donors (Lipinski definition) is 1. The highest BCUT2D eigenvalue weighted by molar-refractivity contribution is 6.11. The standard InChI is InChI=1S/C32H37N3O3/c1-23(2)27-14-16-29(17-15-27)35(30(37)28-12-10-24(3)11-13-28)32(18-20-34(21-19-32)25(4)36)31(38)33-22-26-8-6-5-7-9-26/h5-17,23H,18-22H2,1-4H3,(H,33,38). The number of likely N-dealkylation sites (tertiary alicyclic amines) is 1. The van der Waals surface area contributed by atoms with Crippen LogP contribution in [0.3, 0.4) is 0 Å². The number of carbonyl (C=O) groups excluding carboxylic acids is 3. The van der Waals surface area contributed by atoms with E-state index in [4.69, 9.17) is 0 Å². The van der Waals surface area contributed by atoms with Gasteiger partial charge >= 0.3 is 0 Å². The van der Waals surface area contributed by atoms with Crippen LogP contribution < -0.4 is 10.2 Å². The molecule has 0 radical (unpaired) electrons. The van der Waals surface area contributed by atoms with Gasteiger partial charge in [0.1, 0.15) is 5.54 Å². The van der Waals surface area contributed by atoms with Gasteiger partial charge in [-0.25, -0.2) is 0 Å². The Kier molecular flexibility index (Phi) is 8.30. The second-order valence-corrected chi connectivity index (χ2v) is 10.5. The average Bonchev–Trinajstić information content (AvgIpc) is 2.93. The number of anilines is 1. The number of hydrogen-bond acceptors (Lipinski definition) is 3. The molecule has 0 unspecified atom stereocenters. The van der Waals surface area contributed by atoms with Crippen molar-refractivity contribution in [2.75, 3.05) is 18.0 Å². The number of aryl methyl sites for hydroxylation is 1. The molecule has 6 nitrogen and oxygen atoms in total. The molecule has 198 valence electrons. The molecule has 4 rings (SSSR count). The highest BCUT2D eigenvalue weighted by atomic mass is 16.2. The lowest BCUT2D eigenvalue weighted by atomic mass is 9.83. The van der Waals surface area contributed by atoms with Crippen molar-refractivity contribution < 1.29 is 14.4 Å². The summed E-state index contributed by atoms with van der Waals surface area (Å²) in [4.78, 5) is 44.0. The number of rotatable bonds is 7. The maximum atomic E-state index is 14.2. The van der Waals surface area contributed by atoms with Gasteiger partial charge in [0, 0.05) is 37.8 Å². The predicted octanol–water partition coefficient (Wildman–Crippen LogP) is 5.46. The number of amides is 3. The Balaban J connectivity index is 1.78. The van der Waals surface area contributed by atoms with Gasteiger partial charge in [0.2, 0.25) is 11.8 Å². The van der Waals surface area contributed by atoms with E-state index >= 15 is 0 Å². The topological polar surface area (TPSA) is 69.7 Å². The van der Waals surface area contributed by atoms with E-state index in [1.165, 1.54) is 0 Å². The first-order valence-corrected chi connectivity index (χ1v) is 13.3. The second kappa shape index (κ2) is 11.6. The summed E-state index contributed by atoms with van der Waals surface area (Å²) in [5.41, 5.74) is 3.24. The quantitative estimate of drug-likeness (QED) is 0.458. The van der Waals surface area contributed by atoms with Crippen LogP contribution in [0.2, 0.25) is 0 Å². The van der Waals surface area contributed by atoms with Crippen molar-refractivity contribution >= 4 is 23.4 Å². The summed E-state index contributed by atoms with van der Waals surface area (Å²) in [6.07, 6.45) is 0.688. The molecular weight excluding hydrogens is 474 g/mol. The Morgan fingerprint density at radius 3 is 2.05 bits per heavy atom. The number of nitrogens with zero attached hydrogens (tertiary/aromatic N) is 2. The predicted molar refractivity (Wildman–Crippen MR) is 151 cm³/mol. The fourth-order valence-corrected chi connectivity index (χ4v) is 5.08. The molecule has 1 N–H and O–H groups in total. The van der Waals surface area contributed by atoms with E-state index in [1.54, 1.807) is 16.7 Å². The summed E-state index contributed by atoms with van der Waals surface area (Å²) in [6, 6.07) is 25.1. The van der Waals surface area contributed by atoms with Gasteiger partial charge in [0.05, 0.1) is 0 Å². The third-order valence-electron chi connectivity index (χ3n) is 7.50. The first kappa shape index (κ1) is 27.1. The van der Waals surface area contributed by atoms with Crippen LogP contribution in [0.1, 0.15) is 66.6 Å². The lowest BCUT2D eigenvalue weighted by Crippen LogP contribution is -2.65. The largest absolute Gasteiger partial charge is 0.350 e. The van der Waals surface area contributed by atoms with Crippen LogP contribution in [0.25, 0.3) is 0 Å². The average molecular weight is 512 g/mol. The molecule has 1 fully saturated rings. The van der Waals surface area contributed by atoms with Crippen LogP contribution in [0.4, 0.5) is 5.69 Å². The maximum absolute atomic E-state index is 14.2. The lowest BCUT2D eigenvalue weighted by Gasteiger charge is -2.47. The van der Waals surface area contributed by atoms with Gasteiger partial charge in [0.15, 0.2) is 0 Å². The van der Waals surface area contributed by atoms with Crippen LogP contribution in [-0.4, -0.2) is 41.2 Å². The van der Waals surface area contributed by atoms with Crippen molar-refractivity contribution in [2.45, 2.75) is 58.5 Å². The summed E-state index contributed by atoms with van der Waals surface area (Å²) >= 11 is 0. The van der Waals surface area contributed by atoms with Crippen molar-refractivity contribution in [1.29, 1.82) is 0 Å². The zero-order chi connectivity index (χ0) is 27.3. The Morgan fingerprint density at radius 2 is 1.50 bits per heavy atom. The molecule has 0 atom stereocenters. The number of nitrogens with one attached hydrogen (secondary N) is 1. The summed E-state index contributed by atoms with van der Waals surface area (Å²) in [7, 11) is 0. The zero-order valence-corrected chi connectivity index (χ0v) is 22.7. The molecule has 0 bridgehead atoms. The van der Waals surface area contributed by atoms with E-state index in [0.717, 1.165) is 16.7 Å². The molecule has 0 aliphatic carbocycles. The minimum Gasteiger partial charge on any atom is -0.350 e. The first-order chi connectivity index (χ1) is 18.2. The third kappa shape index (κ3) is 5.80. The molecular formula is C32H37N3O3. The van der Waals surface area contributed by atoms with Crippen molar-refractivity contribution in [3.8, 4) is 0 Å². The van der Waals surface area contributed by atoms with E-state index in [2.05, 4.69) is 19.2 Å². The first-order valence-electron chi connectivity index (χ1n) is 13.3. The fourth-order valence-electron chi connectivity index (χ4n) is 5.08. The summed E-state index contributed by atoms with van der Waals surface area (Å²) < 4.78 is 0. The van der Waals surface area contributed by atoms with Crippen LogP contribution in [0.5, 0.6) is 0 Å². The van der Waals surface area contributed by atoms with E-state index in [1.807, 2.05) is 85.8 Å². The van der Waals surface area contributed by atoms with Crippen molar-refractivity contribution in [2.24, 2.45) is 0 Å². The van der Waals surface area contributed by atoms with Gasteiger partial charge in [-0.2, -0.15) is 0 Å². The van der Waals surface area contributed by atoms with Gasteiger partial charge in [0.25, 0.3) is 5.91 Å². The van der Waals surface area contributed by atoms with Gasteiger partial charge in [-0.05, 0) is 61.1 Å². The minimum atomic E-state index is -1.15. The van der Waals surface area contributed by atoms with Crippen molar-refractivity contribution in [3.05, 3.63) is 101 Å². The van der Waals surface area contributed by atoms with Crippen molar-refractivity contribution in [3.63, 3.8) is 0 Å². The Hall–Kier alpha value is -3.93. The van der Waals surface area contributed by atoms with Crippen LogP contribution >= 0.6 is 0 Å². The maximum Gasteiger partial charge on any atom is 0.259 e. The molecule has 1 heterocycles. The summed E-state index contributed by atoms with van der Waals surface area (Å²) in [6.45, 7) is 8.93. The van der Waals surface area contributed by atoms with Gasteiger partial charge < -0.3 is 10.2 Å². The van der Waals surface area contributed by atoms with Crippen LogP contribution in [-0.2, 0) is 16.1 Å². The van der Waals surface area contributed by atoms with Crippen LogP contribution in [0.15, 0.2) is 78.9 Å². The smallest absolute Gasteiger partial charge is 0.259 e. The normalized spacial score (nSPS) is 14.7. The van der Waals surface area contributed by atoms with E-state index in [9.17, 15) is 14.4 Å². The highest BCUT2D eigenvalue weighted by Gasteiger charge is 2.49. The van der Waals surface area contributed by atoms with Gasteiger partial charge in [-0.15, -0.1) is 0 Å². The summed E-state index contributed by atoms with van der Waals surface area (Å²) in [5, 5.41) is 3.11. The number of carbonyl (C=O) groups is 3. The Morgan fingerprint density at radius 1 is 0.895 bits per heavy atom. The minimum absolute atomic E-state index is 0.0269. The second-order valence-electron chi connectivity index (χ2n) is 10.5. The molecule has 6 heteroatoms. The molecule has 3 amide bonds. The fraction of sp³-hybridized carbons (Fsp3) is 0.344. The van der Waals surface area contributed by atoms with Gasteiger partial charge in [-0.3, -0.25) is 19.3 Å².